The molecule has 4 nitrogen and oxygen atoms in total. The highest BCUT2D eigenvalue weighted by Gasteiger charge is 2.38. The molecule has 4 heteroatoms. The lowest BCUT2D eigenvalue weighted by Gasteiger charge is -2.16. The maximum Gasteiger partial charge on any atom is 0.184 e. The largest absolute Gasteiger partial charge is 0.390 e. The van der Waals surface area contributed by atoms with E-state index in [1.165, 1.54) is 0 Å². The quantitative estimate of drug-likeness (QED) is 0.603. The molecule has 0 amide bonds. The average Bonchev–Trinajstić information content (AvgIpc) is 2.61. The Morgan fingerprint density at radius 3 is 2.42 bits per heavy atom. The third-order valence-electron chi connectivity index (χ3n) is 2.36. The second-order valence-corrected chi connectivity index (χ2v) is 3.29. The van der Waals surface area contributed by atoms with Crippen LogP contribution in [0.4, 0.5) is 0 Å². The van der Waals surface area contributed by atoms with Crippen molar-refractivity contribution in [2.24, 2.45) is 0 Å². The highest BCUT2D eigenvalue weighted by molar-refractivity contribution is 4.82. The lowest BCUT2D eigenvalue weighted by atomic mass is 10.1. The molecule has 0 unspecified atom stereocenters. The summed E-state index contributed by atoms with van der Waals surface area (Å²) in [5, 5.41) is 9.39. The van der Waals surface area contributed by atoms with E-state index in [1.54, 1.807) is 0 Å². The van der Waals surface area contributed by atoms with Crippen molar-refractivity contribution >= 4 is 0 Å². The van der Waals surface area contributed by atoms with Crippen LogP contribution >= 0.6 is 0 Å². The second kappa shape index (κ2) is 3.30. The summed E-state index contributed by atoms with van der Waals surface area (Å²) >= 11 is 0. The molecule has 0 aliphatic carbocycles. The average molecular weight is 174 g/mol. The van der Waals surface area contributed by atoms with Gasteiger partial charge >= 0.3 is 0 Å². The first-order chi connectivity index (χ1) is 5.77. The first kappa shape index (κ1) is 8.44. The Morgan fingerprint density at radius 2 is 1.92 bits per heavy atom. The van der Waals surface area contributed by atoms with E-state index in [4.69, 9.17) is 14.2 Å². The summed E-state index contributed by atoms with van der Waals surface area (Å²) < 4.78 is 16.0. The van der Waals surface area contributed by atoms with Crippen LogP contribution in [0.5, 0.6) is 0 Å². The molecule has 2 fully saturated rings. The van der Waals surface area contributed by atoms with Crippen molar-refractivity contribution in [2.75, 3.05) is 13.2 Å². The SMILES string of the molecule is C[C@@H]1O[C@H](C2OCCO2)C[C@@H]1O. The van der Waals surface area contributed by atoms with Gasteiger partial charge in [0.05, 0.1) is 25.4 Å². The molecule has 0 aromatic rings. The van der Waals surface area contributed by atoms with Gasteiger partial charge in [-0.1, -0.05) is 0 Å². The standard InChI is InChI=1S/C8H14O4/c1-5-6(9)4-7(12-5)8-10-2-3-11-8/h5-9H,2-4H2,1H3/t5-,6-,7-/m0/s1. The normalized spacial score (nSPS) is 44.0. The molecule has 2 saturated heterocycles. The van der Waals surface area contributed by atoms with E-state index >= 15 is 0 Å². The molecule has 12 heavy (non-hydrogen) atoms. The van der Waals surface area contributed by atoms with Crippen LogP contribution in [0.2, 0.25) is 0 Å². The molecule has 2 rings (SSSR count). The van der Waals surface area contributed by atoms with Gasteiger partial charge in [0.1, 0.15) is 6.10 Å². The zero-order valence-corrected chi connectivity index (χ0v) is 7.10. The zero-order valence-electron chi connectivity index (χ0n) is 7.10. The van der Waals surface area contributed by atoms with E-state index in [2.05, 4.69) is 0 Å². The molecule has 2 aliphatic rings. The molecule has 2 heterocycles. The molecule has 0 aromatic heterocycles. The molecule has 0 radical (unpaired) electrons. The molecule has 70 valence electrons. The predicted octanol–water partition coefficient (Wildman–Crippen LogP) is -0.102. The third-order valence-corrected chi connectivity index (χ3v) is 2.36. The van der Waals surface area contributed by atoms with Gasteiger partial charge in [-0.25, -0.2) is 0 Å². The number of aliphatic hydroxyl groups is 1. The minimum Gasteiger partial charge on any atom is -0.390 e. The van der Waals surface area contributed by atoms with Crippen LogP contribution in [-0.2, 0) is 14.2 Å². The summed E-state index contributed by atoms with van der Waals surface area (Å²) in [7, 11) is 0. The Morgan fingerprint density at radius 1 is 1.25 bits per heavy atom. The van der Waals surface area contributed by atoms with Crippen LogP contribution in [0.15, 0.2) is 0 Å². The Bertz CT molecular complexity index is 145. The van der Waals surface area contributed by atoms with E-state index in [-0.39, 0.29) is 24.6 Å². The third kappa shape index (κ3) is 1.47. The van der Waals surface area contributed by atoms with Gasteiger partial charge in [0.25, 0.3) is 0 Å². The Balaban J connectivity index is 1.89. The van der Waals surface area contributed by atoms with E-state index in [9.17, 15) is 5.11 Å². The van der Waals surface area contributed by atoms with Crippen molar-refractivity contribution in [3.05, 3.63) is 0 Å². The highest BCUT2D eigenvalue weighted by Crippen LogP contribution is 2.25. The lowest BCUT2D eigenvalue weighted by molar-refractivity contribution is -0.136. The summed E-state index contributed by atoms with van der Waals surface area (Å²) in [4.78, 5) is 0. The van der Waals surface area contributed by atoms with E-state index in [0.717, 1.165) is 0 Å². The van der Waals surface area contributed by atoms with Crippen LogP contribution in [0.3, 0.4) is 0 Å². The van der Waals surface area contributed by atoms with Crippen LogP contribution in [0.1, 0.15) is 13.3 Å². The number of hydrogen-bond acceptors (Lipinski definition) is 4. The molecule has 0 spiro atoms. The van der Waals surface area contributed by atoms with Crippen molar-refractivity contribution in [3.63, 3.8) is 0 Å². The van der Waals surface area contributed by atoms with Gasteiger partial charge in [-0.2, -0.15) is 0 Å². The minimum absolute atomic E-state index is 0.0856. The molecule has 2 aliphatic heterocycles. The summed E-state index contributed by atoms with van der Waals surface area (Å²) in [5.41, 5.74) is 0. The summed E-state index contributed by atoms with van der Waals surface area (Å²) in [6.45, 7) is 3.13. The first-order valence-corrected chi connectivity index (χ1v) is 4.34. The predicted molar refractivity (Wildman–Crippen MR) is 40.7 cm³/mol. The summed E-state index contributed by atoms with van der Waals surface area (Å²) in [6, 6.07) is 0. The number of hydrogen-bond donors (Lipinski definition) is 1. The van der Waals surface area contributed by atoms with Gasteiger partial charge in [-0.3, -0.25) is 0 Å². The zero-order chi connectivity index (χ0) is 8.55. The van der Waals surface area contributed by atoms with Gasteiger partial charge < -0.3 is 19.3 Å². The maximum absolute atomic E-state index is 9.39. The molecule has 0 saturated carbocycles. The number of ether oxygens (including phenoxy) is 3. The fourth-order valence-electron chi connectivity index (χ4n) is 1.62. The molecular weight excluding hydrogens is 160 g/mol. The number of rotatable bonds is 1. The van der Waals surface area contributed by atoms with Crippen LogP contribution in [0.25, 0.3) is 0 Å². The lowest BCUT2D eigenvalue weighted by Crippen LogP contribution is -2.26. The van der Waals surface area contributed by atoms with Crippen LogP contribution < -0.4 is 0 Å². The van der Waals surface area contributed by atoms with Gasteiger partial charge in [0, 0.05) is 6.42 Å². The van der Waals surface area contributed by atoms with Gasteiger partial charge in [-0.15, -0.1) is 0 Å². The van der Waals surface area contributed by atoms with Crippen LogP contribution in [0, 0.1) is 0 Å². The summed E-state index contributed by atoms with van der Waals surface area (Å²) in [6.07, 6.45) is -0.195. The highest BCUT2D eigenvalue weighted by atomic mass is 16.7. The van der Waals surface area contributed by atoms with Gasteiger partial charge in [0.2, 0.25) is 0 Å². The smallest absolute Gasteiger partial charge is 0.184 e. The van der Waals surface area contributed by atoms with Crippen LogP contribution in [-0.4, -0.2) is 42.9 Å². The fraction of sp³-hybridized carbons (Fsp3) is 1.00. The van der Waals surface area contributed by atoms with E-state index in [1.807, 2.05) is 6.92 Å². The topological polar surface area (TPSA) is 47.9 Å². The number of aliphatic hydroxyl groups excluding tert-OH is 1. The van der Waals surface area contributed by atoms with Crippen molar-refractivity contribution in [3.8, 4) is 0 Å². The van der Waals surface area contributed by atoms with Gasteiger partial charge in [-0.05, 0) is 6.92 Å². The molecule has 1 N–H and O–H groups in total. The Hall–Kier alpha value is -0.160. The summed E-state index contributed by atoms with van der Waals surface area (Å²) in [5.74, 6) is 0. The minimum atomic E-state index is -0.372. The monoisotopic (exact) mass is 174 g/mol. The second-order valence-electron chi connectivity index (χ2n) is 3.29. The molecule has 0 aromatic carbocycles. The molecule has 0 bridgehead atoms. The van der Waals surface area contributed by atoms with Gasteiger partial charge in [0.15, 0.2) is 6.29 Å². The first-order valence-electron chi connectivity index (χ1n) is 4.34. The maximum atomic E-state index is 9.39. The fourth-order valence-corrected chi connectivity index (χ4v) is 1.62. The van der Waals surface area contributed by atoms with Crippen molar-refractivity contribution in [2.45, 2.75) is 37.9 Å². The molecule has 3 atom stereocenters. The van der Waals surface area contributed by atoms with Crippen molar-refractivity contribution in [1.29, 1.82) is 0 Å². The Labute approximate surface area is 71.4 Å². The Kier molecular flexibility index (Phi) is 2.32. The van der Waals surface area contributed by atoms with E-state index in [0.29, 0.717) is 19.6 Å². The van der Waals surface area contributed by atoms with E-state index < -0.39 is 0 Å². The molecular formula is C8H14O4. The van der Waals surface area contributed by atoms with Crippen molar-refractivity contribution in [1.82, 2.24) is 0 Å². The van der Waals surface area contributed by atoms with Crippen molar-refractivity contribution < 1.29 is 19.3 Å².